The molecule has 0 heterocycles. The molecule has 1 aliphatic rings. The van der Waals surface area contributed by atoms with E-state index in [0.29, 0.717) is 17.5 Å². The Hall–Kier alpha value is -1.71. The van der Waals surface area contributed by atoms with E-state index >= 15 is 0 Å². The van der Waals surface area contributed by atoms with Crippen LogP contribution in [0.1, 0.15) is 49.4 Å². The molecule has 0 saturated heterocycles. The Bertz CT molecular complexity index is 468. The van der Waals surface area contributed by atoms with Crippen LogP contribution < -0.4 is 15.8 Å². The zero-order chi connectivity index (χ0) is 14.5. The van der Waals surface area contributed by atoms with Gasteiger partial charge < -0.3 is 15.8 Å². The minimum Gasteiger partial charge on any atom is -0.495 e. The number of anilines is 1. The average molecular weight is 276 g/mol. The zero-order valence-electron chi connectivity index (χ0n) is 12.3. The van der Waals surface area contributed by atoms with Crippen LogP contribution in [0.2, 0.25) is 0 Å². The molecule has 0 aromatic heterocycles. The number of ether oxygens (including phenoxy) is 1. The van der Waals surface area contributed by atoms with E-state index in [-0.39, 0.29) is 0 Å². The summed E-state index contributed by atoms with van der Waals surface area (Å²) in [5.41, 5.74) is 6.69. The molecule has 0 bridgehead atoms. The number of hydrogen-bond acceptors (Lipinski definition) is 3. The Balaban J connectivity index is 2.13. The summed E-state index contributed by atoms with van der Waals surface area (Å²) in [5, 5.41) is 3.49. The van der Waals surface area contributed by atoms with Gasteiger partial charge in [0.25, 0.3) is 0 Å². The van der Waals surface area contributed by atoms with Gasteiger partial charge in [-0.1, -0.05) is 19.3 Å². The number of rotatable bonds is 5. The molecular weight excluding hydrogens is 252 g/mol. The van der Waals surface area contributed by atoms with E-state index in [0.717, 1.165) is 11.4 Å². The first-order valence-corrected chi connectivity index (χ1v) is 7.36. The molecule has 0 radical (unpaired) electrons. The number of carbonyl (C=O) groups is 1. The topological polar surface area (TPSA) is 64.3 Å². The summed E-state index contributed by atoms with van der Waals surface area (Å²) in [6.07, 6.45) is 6.52. The third kappa shape index (κ3) is 3.44. The van der Waals surface area contributed by atoms with Gasteiger partial charge in [-0.3, -0.25) is 4.79 Å². The molecule has 1 aromatic carbocycles. The van der Waals surface area contributed by atoms with Crippen LogP contribution in [-0.4, -0.2) is 19.1 Å². The highest BCUT2D eigenvalue weighted by atomic mass is 16.5. The molecule has 4 nitrogen and oxygen atoms in total. The molecule has 2 rings (SSSR count). The molecule has 1 saturated carbocycles. The SMILES string of the molecule is COc1ccc(C(N)=O)cc1NC(C)C1CCCCC1. The van der Waals surface area contributed by atoms with Crippen LogP contribution in [0.4, 0.5) is 5.69 Å². The van der Waals surface area contributed by atoms with E-state index in [1.807, 2.05) is 0 Å². The number of nitrogens with one attached hydrogen (secondary N) is 1. The highest BCUT2D eigenvalue weighted by molar-refractivity contribution is 5.94. The van der Waals surface area contributed by atoms with Crippen LogP contribution in [0, 0.1) is 5.92 Å². The van der Waals surface area contributed by atoms with Gasteiger partial charge in [-0.05, 0) is 43.9 Å². The Labute approximate surface area is 120 Å². The Morgan fingerprint density at radius 1 is 1.35 bits per heavy atom. The number of benzene rings is 1. The molecule has 3 N–H and O–H groups in total. The first kappa shape index (κ1) is 14.7. The van der Waals surface area contributed by atoms with E-state index in [1.54, 1.807) is 25.3 Å². The van der Waals surface area contributed by atoms with Gasteiger partial charge in [-0.2, -0.15) is 0 Å². The van der Waals surface area contributed by atoms with Gasteiger partial charge in [-0.25, -0.2) is 0 Å². The predicted octanol–water partition coefficient (Wildman–Crippen LogP) is 3.17. The quantitative estimate of drug-likeness (QED) is 0.868. The average Bonchev–Trinajstić information content (AvgIpc) is 2.48. The lowest BCUT2D eigenvalue weighted by Crippen LogP contribution is -2.28. The number of carbonyl (C=O) groups excluding carboxylic acids is 1. The normalized spacial score (nSPS) is 17.5. The number of primary amides is 1. The maximum atomic E-state index is 11.3. The summed E-state index contributed by atoms with van der Waals surface area (Å²) in [7, 11) is 1.63. The maximum absolute atomic E-state index is 11.3. The fourth-order valence-electron chi connectivity index (χ4n) is 2.97. The van der Waals surface area contributed by atoms with Crippen molar-refractivity contribution in [2.24, 2.45) is 11.7 Å². The Morgan fingerprint density at radius 2 is 2.05 bits per heavy atom. The number of amides is 1. The van der Waals surface area contributed by atoms with Crippen molar-refractivity contribution in [3.63, 3.8) is 0 Å². The molecule has 1 aliphatic carbocycles. The monoisotopic (exact) mass is 276 g/mol. The first-order valence-electron chi connectivity index (χ1n) is 7.36. The van der Waals surface area contributed by atoms with Crippen molar-refractivity contribution in [2.75, 3.05) is 12.4 Å². The second-order valence-corrected chi connectivity index (χ2v) is 5.61. The van der Waals surface area contributed by atoms with Crippen molar-refractivity contribution in [3.8, 4) is 5.75 Å². The van der Waals surface area contributed by atoms with Crippen molar-refractivity contribution in [2.45, 2.75) is 45.1 Å². The van der Waals surface area contributed by atoms with E-state index in [2.05, 4.69) is 12.2 Å². The lowest BCUT2D eigenvalue weighted by molar-refractivity contribution is 0.100. The van der Waals surface area contributed by atoms with E-state index in [1.165, 1.54) is 32.1 Å². The third-order valence-corrected chi connectivity index (χ3v) is 4.22. The molecule has 4 heteroatoms. The van der Waals surface area contributed by atoms with Crippen LogP contribution in [0.5, 0.6) is 5.75 Å². The van der Waals surface area contributed by atoms with Crippen molar-refractivity contribution >= 4 is 11.6 Å². The molecule has 1 atom stereocenters. The van der Waals surface area contributed by atoms with Gasteiger partial charge in [-0.15, -0.1) is 0 Å². The Kier molecular flexibility index (Phi) is 4.88. The lowest BCUT2D eigenvalue weighted by atomic mass is 9.84. The molecule has 1 amide bonds. The fourth-order valence-corrected chi connectivity index (χ4v) is 2.97. The van der Waals surface area contributed by atoms with Gasteiger partial charge in [0.1, 0.15) is 5.75 Å². The van der Waals surface area contributed by atoms with Gasteiger partial charge in [0.2, 0.25) is 5.91 Å². The maximum Gasteiger partial charge on any atom is 0.248 e. The van der Waals surface area contributed by atoms with Crippen molar-refractivity contribution in [3.05, 3.63) is 23.8 Å². The number of nitrogens with two attached hydrogens (primary N) is 1. The van der Waals surface area contributed by atoms with Gasteiger partial charge in [0.15, 0.2) is 0 Å². The highest BCUT2D eigenvalue weighted by Gasteiger charge is 2.21. The van der Waals surface area contributed by atoms with Gasteiger partial charge in [0.05, 0.1) is 12.8 Å². The minimum absolute atomic E-state index is 0.368. The van der Waals surface area contributed by atoms with Crippen LogP contribution >= 0.6 is 0 Å². The molecule has 1 aromatic rings. The summed E-state index contributed by atoms with van der Waals surface area (Å²) in [6.45, 7) is 2.20. The predicted molar refractivity (Wildman–Crippen MR) is 81.2 cm³/mol. The molecule has 110 valence electrons. The molecule has 20 heavy (non-hydrogen) atoms. The van der Waals surface area contributed by atoms with Crippen LogP contribution in [-0.2, 0) is 0 Å². The number of methoxy groups -OCH3 is 1. The minimum atomic E-state index is -0.416. The molecule has 0 aliphatic heterocycles. The first-order chi connectivity index (χ1) is 9.61. The van der Waals surface area contributed by atoms with Gasteiger partial charge in [0, 0.05) is 11.6 Å². The molecule has 1 fully saturated rings. The lowest BCUT2D eigenvalue weighted by Gasteiger charge is -2.29. The summed E-state index contributed by atoms with van der Waals surface area (Å²) in [4.78, 5) is 11.3. The molecular formula is C16H24N2O2. The van der Waals surface area contributed by atoms with Crippen LogP contribution in [0.3, 0.4) is 0 Å². The van der Waals surface area contributed by atoms with Crippen molar-refractivity contribution in [1.82, 2.24) is 0 Å². The van der Waals surface area contributed by atoms with Crippen molar-refractivity contribution in [1.29, 1.82) is 0 Å². The largest absolute Gasteiger partial charge is 0.495 e. The summed E-state index contributed by atoms with van der Waals surface area (Å²) < 4.78 is 5.35. The van der Waals surface area contributed by atoms with E-state index < -0.39 is 5.91 Å². The van der Waals surface area contributed by atoms with E-state index in [9.17, 15) is 4.79 Å². The molecule has 1 unspecified atom stereocenters. The summed E-state index contributed by atoms with van der Waals surface area (Å²) in [5.74, 6) is 1.02. The smallest absolute Gasteiger partial charge is 0.248 e. The highest BCUT2D eigenvalue weighted by Crippen LogP contribution is 2.31. The number of hydrogen-bond donors (Lipinski definition) is 2. The zero-order valence-corrected chi connectivity index (χ0v) is 12.3. The second-order valence-electron chi connectivity index (χ2n) is 5.61. The van der Waals surface area contributed by atoms with Crippen LogP contribution in [0.25, 0.3) is 0 Å². The standard InChI is InChI=1S/C16H24N2O2/c1-11(12-6-4-3-5-7-12)18-14-10-13(16(17)19)8-9-15(14)20-2/h8-12,18H,3-7H2,1-2H3,(H2,17,19). The Morgan fingerprint density at radius 3 is 2.65 bits per heavy atom. The van der Waals surface area contributed by atoms with E-state index in [4.69, 9.17) is 10.5 Å². The van der Waals surface area contributed by atoms with Crippen LogP contribution in [0.15, 0.2) is 18.2 Å². The van der Waals surface area contributed by atoms with Crippen molar-refractivity contribution < 1.29 is 9.53 Å². The third-order valence-electron chi connectivity index (χ3n) is 4.22. The second kappa shape index (κ2) is 6.64. The fraction of sp³-hybridized carbons (Fsp3) is 0.562. The molecule has 0 spiro atoms. The summed E-state index contributed by atoms with van der Waals surface area (Å²) >= 11 is 0. The van der Waals surface area contributed by atoms with Gasteiger partial charge >= 0.3 is 0 Å². The summed E-state index contributed by atoms with van der Waals surface area (Å²) in [6, 6.07) is 5.63.